The molecule has 2 heterocycles. The molecule has 128 valence electrons. The Hall–Kier alpha value is -2.73. The second kappa shape index (κ2) is 6.64. The number of hydrogen-bond acceptors (Lipinski definition) is 4. The molecule has 4 N–H and O–H groups in total. The van der Waals surface area contributed by atoms with E-state index in [9.17, 15) is 4.79 Å². The number of pyridine rings is 1. The van der Waals surface area contributed by atoms with Crippen LogP contribution >= 0.6 is 0 Å². The fraction of sp³-hybridized carbons (Fsp3) is 0.316. The van der Waals surface area contributed by atoms with E-state index in [1.54, 1.807) is 6.20 Å². The first kappa shape index (κ1) is 15.8. The summed E-state index contributed by atoms with van der Waals surface area (Å²) in [6, 6.07) is 10.3. The summed E-state index contributed by atoms with van der Waals surface area (Å²) < 4.78 is 0. The van der Waals surface area contributed by atoms with Gasteiger partial charge in [0.05, 0.1) is 5.52 Å². The van der Waals surface area contributed by atoms with Gasteiger partial charge in [0.1, 0.15) is 0 Å². The van der Waals surface area contributed by atoms with Crippen molar-refractivity contribution in [2.75, 3.05) is 0 Å². The lowest BCUT2D eigenvalue weighted by Crippen LogP contribution is -2.40. The number of nitrogens with two attached hydrogens (primary N) is 1. The molecule has 1 amide bonds. The van der Waals surface area contributed by atoms with E-state index in [0.717, 1.165) is 47.7 Å². The van der Waals surface area contributed by atoms with Gasteiger partial charge in [0, 0.05) is 35.4 Å². The number of hydrogen-bond donors (Lipinski definition) is 3. The molecule has 25 heavy (non-hydrogen) atoms. The number of H-pyrrole nitrogens is 1. The number of fused-ring (bicyclic) bond motifs is 1. The third-order valence-electron chi connectivity index (χ3n) is 4.88. The number of carbonyl (C=O) groups is 1. The monoisotopic (exact) mass is 335 g/mol. The molecule has 0 bridgehead atoms. The largest absolute Gasteiger partial charge is 0.348 e. The van der Waals surface area contributed by atoms with Gasteiger partial charge in [-0.25, -0.2) is 0 Å². The molecule has 0 unspecified atom stereocenters. The number of amides is 1. The van der Waals surface area contributed by atoms with Crippen LogP contribution < -0.4 is 11.1 Å². The lowest BCUT2D eigenvalue weighted by atomic mass is 9.92. The van der Waals surface area contributed by atoms with Crippen molar-refractivity contribution in [2.45, 2.75) is 37.8 Å². The number of nitrogens with zero attached hydrogens (tertiary/aromatic N) is 2. The van der Waals surface area contributed by atoms with E-state index in [4.69, 9.17) is 5.73 Å². The van der Waals surface area contributed by atoms with Crippen molar-refractivity contribution in [3.63, 3.8) is 0 Å². The molecule has 0 saturated heterocycles. The fourth-order valence-electron chi connectivity index (χ4n) is 3.42. The van der Waals surface area contributed by atoms with Crippen molar-refractivity contribution < 1.29 is 4.79 Å². The van der Waals surface area contributed by atoms with E-state index >= 15 is 0 Å². The van der Waals surface area contributed by atoms with E-state index < -0.39 is 0 Å². The van der Waals surface area contributed by atoms with E-state index in [0.29, 0.717) is 5.69 Å². The van der Waals surface area contributed by atoms with Gasteiger partial charge >= 0.3 is 0 Å². The minimum atomic E-state index is -0.130. The number of nitrogens with one attached hydrogen (secondary N) is 2. The zero-order valence-electron chi connectivity index (χ0n) is 13.9. The van der Waals surface area contributed by atoms with Gasteiger partial charge in [-0.05, 0) is 49.4 Å². The van der Waals surface area contributed by atoms with E-state index in [1.807, 2.05) is 36.5 Å². The summed E-state index contributed by atoms with van der Waals surface area (Å²) in [5.74, 6) is -0.130. The van der Waals surface area contributed by atoms with E-state index in [1.165, 1.54) is 0 Å². The Balaban J connectivity index is 1.60. The molecule has 0 spiro atoms. The van der Waals surface area contributed by atoms with Gasteiger partial charge in [-0.3, -0.25) is 14.9 Å². The van der Waals surface area contributed by atoms with Gasteiger partial charge in [0.25, 0.3) is 5.91 Å². The van der Waals surface area contributed by atoms with Crippen molar-refractivity contribution in [1.29, 1.82) is 0 Å². The standard InChI is InChI=1S/C19H21N5O/c20-14-4-6-15(7-5-14)22-19(25)18-16-10-12(3-8-17(16)23-24-18)13-2-1-9-21-11-13/h1-3,8-11,14-15H,4-7,20H2,(H,22,25)(H,23,24). The van der Waals surface area contributed by atoms with Crippen molar-refractivity contribution in [2.24, 2.45) is 5.73 Å². The maximum Gasteiger partial charge on any atom is 0.272 e. The SMILES string of the molecule is NC1CCC(NC(=O)c2n[nH]c3ccc(-c4cccnc4)cc23)CC1. The number of carbonyl (C=O) groups excluding carboxylic acids is 1. The molecular formula is C19H21N5O. The van der Waals surface area contributed by atoms with Crippen LogP contribution in [0.4, 0.5) is 0 Å². The Morgan fingerprint density at radius 1 is 1.16 bits per heavy atom. The smallest absolute Gasteiger partial charge is 0.272 e. The average molecular weight is 335 g/mol. The topological polar surface area (TPSA) is 96.7 Å². The molecule has 2 aromatic heterocycles. The summed E-state index contributed by atoms with van der Waals surface area (Å²) in [6.07, 6.45) is 7.32. The number of benzene rings is 1. The Morgan fingerprint density at radius 2 is 2.00 bits per heavy atom. The van der Waals surface area contributed by atoms with Crippen LogP contribution in [-0.4, -0.2) is 33.2 Å². The zero-order chi connectivity index (χ0) is 17.2. The van der Waals surface area contributed by atoms with Crippen molar-refractivity contribution >= 4 is 16.8 Å². The van der Waals surface area contributed by atoms with E-state index in [2.05, 4.69) is 20.5 Å². The third kappa shape index (κ3) is 3.25. The first-order valence-electron chi connectivity index (χ1n) is 8.65. The summed E-state index contributed by atoms with van der Waals surface area (Å²) in [7, 11) is 0. The van der Waals surface area contributed by atoms with Gasteiger partial charge in [0.2, 0.25) is 0 Å². The van der Waals surface area contributed by atoms with Crippen LogP contribution in [-0.2, 0) is 0 Å². The highest BCUT2D eigenvalue weighted by molar-refractivity contribution is 6.05. The molecule has 1 aliphatic rings. The van der Waals surface area contributed by atoms with Crippen LogP contribution in [0.2, 0.25) is 0 Å². The van der Waals surface area contributed by atoms with Crippen LogP contribution in [0.5, 0.6) is 0 Å². The molecular weight excluding hydrogens is 314 g/mol. The van der Waals surface area contributed by atoms with E-state index in [-0.39, 0.29) is 18.0 Å². The maximum atomic E-state index is 12.7. The lowest BCUT2D eigenvalue weighted by Gasteiger charge is -2.26. The Morgan fingerprint density at radius 3 is 2.76 bits per heavy atom. The molecule has 1 aromatic carbocycles. The molecule has 1 fully saturated rings. The van der Waals surface area contributed by atoms with Crippen LogP contribution in [0.3, 0.4) is 0 Å². The highest BCUT2D eigenvalue weighted by Gasteiger charge is 2.22. The minimum Gasteiger partial charge on any atom is -0.348 e. The summed E-state index contributed by atoms with van der Waals surface area (Å²) in [6.45, 7) is 0. The first-order valence-corrected chi connectivity index (χ1v) is 8.65. The van der Waals surface area contributed by atoms with Crippen molar-refractivity contribution in [3.05, 3.63) is 48.4 Å². The number of rotatable bonds is 3. The quantitative estimate of drug-likeness (QED) is 0.685. The Kier molecular flexibility index (Phi) is 4.19. The molecule has 4 rings (SSSR count). The molecule has 6 heteroatoms. The third-order valence-corrected chi connectivity index (χ3v) is 4.88. The second-order valence-electron chi connectivity index (χ2n) is 6.66. The fourth-order valence-corrected chi connectivity index (χ4v) is 3.42. The van der Waals surface area contributed by atoms with Crippen LogP contribution in [0.25, 0.3) is 22.0 Å². The summed E-state index contributed by atoms with van der Waals surface area (Å²) in [5.41, 5.74) is 9.25. The molecule has 3 aromatic rings. The lowest BCUT2D eigenvalue weighted by molar-refractivity contribution is 0.0922. The predicted octanol–water partition coefficient (Wildman–Crippen LogP) is 2.62. The molecule has 0 radical (unpaired) electrons. The van der Waals surface area contributed by atoms with Crippen molar-refractivity contribution in [1.82, 2.24) is 20.5 Å². The van der Waals surface area contributed by atoms with Gasteiger partial charge in [-0.1, -0.05) is 12.1 Å². The zero-order valence-corrected chi connectivity index (χ0v) is 13.9. The summed E-state index contributed by atoms with van der Waals surface area (Å²) >= 11 is 0. The predicted molar refractivity (Wildman–Crippen MR) is 97.0 cm³/mol. The number of aromatic amines is 1. The highest BCUT2D eigenvalue weighted by Crippen LogP contribution is 2.25. The Labute approximate surface area is 145 Å². The van der Waals surface area contributed by atoms with Gasteiger partial charge in [-0.2, -0.15) is 5.10 Å². The van der Waals surface area contributed by atoms with Crippen molar-refractivity contribution in [3.8, 4) is 11.1 Å². The van der Waals surface area contributed by atoms with Gasteiger partial charge < -0.3 is 11.1 Å². The molecule has 6 nitrogen and oxygen atoms in total. The van der Waals surface area contributed by atoms with Crippen LogP contribution in [0.15, 0.2) is 42.7 Å². The highest BCUT2D eigenvalue weighted by atomic mass is 16.2. The normalized spacial score (nSPS) is 20.5. The summed E-state index contributed by atoms with van der Waals surface area (Å²) in [5, 5.41) is 11.1. The molecule has 1 saturated carbocycles. The number of aromatic nitrogens is 3. The van der Waals surface area contributed by atoms with Crippen LogP contribution in [0, 0.1) is 0 Å². The molecule has 1 aliphatic carbocycles. The minimum absolute atomic E-state index is 0.130. The molecule has 0 atom stereocenters. The van der Waals surface area contributed by atoms with Crippen LogP contribution in [0.1, 0.15) is 36.2 Å². The summed E-state index contributed by atoms with van der Waals surface area (Å²) in [4.78, 5) is 16.8. The maximum absolute atomic E-state index is 12.7. The second-order valence-corrected chi connectivity index (χ2v) is 6.66. The Bertz CT molecular complexity index is 881. The molecule has 0 aliphatic heterocycles. The van der Waals surface area contributed by atoms with Gasteiger partial charge in [0.15, 0.2) is 5.69 Å². The average Bonchev–Trinajstić information content (AvgIpc) is 3.07. The first-order chi connectivity index (χ1) is 12.2. The van der Waals surface area contributed by atoms with Gasteiger partial charge in [-0.15, -0.1) is 0 Å².